The summed E-state index contributed by atoms with van der Waals surface area (Å²) in [6.07, 6.45) is 3.52. The Balaban J connectivity index is 2.58. The van der Waals surface area contributed by atoms with Gasteiger partial charge in [-0.2, -0.15) is 0 Å². The summed E-state index contributed by atoms with van der Waals surface area (Å²) in [6, 6.07) is 0. The monoisotopic (exact) mass is 207 g/mol. The molecule has 0 saturated heterocycles. The van der Waals surface area contributed by atoms with Crippen LogP contribution in [-0.4, -0.2) is 9.55 Å². The van der Waals surface area contributed by atoms with Gasteiger partial charge in [-0.15, -0.1) is 0 Å². The van der Waals surface area contributed by atoms with Crippen LogP contribution < -0.4 is 5.73 Å². The summed E-state index contributed by atoms with van der Waals surface area (Å²) in [6.45, 7) is 8.69. The molecule has 0 amide bonds. The minimum absolute atomic E-state index is 0.0813. The fourth-order valence-corrected chi connectivity index (χ4v) is 2.37. The first-order chi connectivity index (χ1) is 6.91. The highest BCUT2D eigenvalue weighted by Gasteiger charge is 2.28. The highest BCUT2D eigenvalue weighted by molar-refractivity contribution is 5.22. The predicted octanol–water partition coefficient (Wildman–Crippen LogP) is 2.28. The van der Waals surface area contributed by atoms with E-state index in [2.05, 4.69) is 32.3 Å². The number of nitrogens with two attached hydrogens (primary N) is 1. The number of imidazole rings is 1. The lowest BCUT2D eigenvalue weighted by atomic mass is 9.95. The smallest absolute Gasteiger partial charge is 0.115 e. The van der Waals surface area contributed by atoms with E-state index >= 15 is 0 Å². The van der Waals surface area contributed by atoms with Gasteiger partial charge in [-0.1, -0.05) is 20.8 Å². The Morgan fingerprint density at radius 1 is 1.40 bits per heavy atom. The summed E-state index contributed by atoms with van der Waals surface area (Å²) in [5, 5.41) is 0. The molecular weight excluding hydrogens is 186 g/mol. The average Bonchev–Trinajstić information content (AvgIpc) is 2.45. The van der Waals surface area contributed by atoms with Crippen molar-refractivity contribution in [1.29, 1.82) is 0 Å². The van der Waals surface area contributed by atoms with Crippen LogP contribution >= 0.6 is 0 Å². The zero-order chi connectivity index (χ0) is 11.2. The summed E-state index contributed by atoms with van der Waals surface area (Å²) < 4.78 is 2.26. The van der Waals surface area contributed by atoms with E-state index in [1.54, 1.807) is 0 Å². The Morgan fingerprint density at radius 2 is 2.07 bits per heavy atom. The van der Waals surface area contributed by atoms with Gasteiger partial charge in [-0.25, -0.2) is 4.98 Å². The van der Waals surface area contributed by atoms with E-state index in [9.17, 15) is 0 Å². The maximum absolute atomic E-state index is 6.18. The highest BCUT2D eigenvalue weighted by atomic mass is 15.2. The summed E-state index contributed by atoms with van der Waals surface area (Å²) in [5.41, 5.74) is 8.77. The van der Waals surface area contributed by atoms with Gasteiger partial charge in [0.25, 0.3) is 0 Å². The van der Waals surface area contributed by atoms with Crippen molar-refractivity contribution in [3.8, 4) is 0 Å². The molecule has 0 saturated carbocycles. The number of nitrogens with zero attached hydrogens (tertiary/aromatic N) is 2. The molecule has 0 radical (unpaired) electrons. The molecule has 2 N–H and O–H groups in total. The third kappa shape index (κ3) is 1.69. The summed E-state index contributed by atoms with van der Waals surface area (Å²) >= 11 is 0. The molecule has 2 rings (SSSR count). The number of fused-ring (bicyclic) bond motifs is 1. The molecule has 84 valence electrons. The average molecular weight is 207 g/mol. The second kappa shape index (κ2) is 3.34. The van der Waals surface area contributed by atoms with Crippen molar-refractivity contribution < 1.29 is 0 Å². The molecule has 1 aromatic heterocycles. The molecule has 3 nitrogen and oxygen atoms in total. The van der Waals surface area contributed by atoms with Crippen LogP contribution in [-0.2, 0) is 11.8 Å². The van der Waals surface area contributed by atoms with Gasteiger partial charge in [-0.05, 0) is 26.2 Å². The van der Waals surface area contributed by atoms with E-state index in [1.165, 1.54) is 12.1 Å². The molecule has 0 fully saturated rings. The molecule has 2 heterocycles. The van der Waals surface area contributed by atoms with Crippen LogP contribution in [0.1, 0.15) is 57.0 Å². The quantitative estimate of drug-likeness (QED) is 0.709. The third-order valence-corrected chi connectivity index (χ3v) is 3.13. The summed E-state index contributed by atoms with van der Waals surface area (Å²) in [7, 11) is 0. The Labute approximate surface area is 91.7 Å². The maximum Gasteiger partial charge on any atom is 0.115 e. The molecular formula is C12H21N3. The lowest BCUT2D eigenvalue weighted by molar-refractivity contribution is 0.373. The molecule has 3 heteroatoms. The van der Waals surface area contributed by atoms with Crippen molar-refractivity contribution in [2.45, 2.75) is 58.5 Å². The van der Waals surface area contributed by atoms with Gasteiger partial charge >= 0.3 is 0 Å². The van der Waals surface area contributed by atoms with Gasteiger partial charge in [0, 0.05) is 11.1 Å². The van der Waals surface area contributed by atoms with Crippen molar-refractivity contribution >= 4 is 0 Å². The molecule has 1 aromatic rings. The molecule has 1 aliphatic heterocycles. The number of hydrogen-bond acceptors (Lipinski definition) is 2. The van der Waals surface area contributed by atoms with Crippen LogP contribution in [0.3, 0.4) is 0 Å². The molecule has 15 heavy (non-hydrogen) atoms. The zero-order valence-electron chi connectivity index (χ0n) is 10.2. The first-order valence-electron chi connectivity index (χ1n) is 5.75. The highest BCUT2D eigenvalue weighted by Crippen LogP contribution is 2.31. The third-order valence-electron chi connectivity index (χ3n) is 3.13. The number of rotatable bonds is 0. The van der Waals surface area contributed by atoms with Crippen molar-refractivity contribution in [3.63, 3.8) is 0 Å². The van der Waals surface area contributed by atoms with Crippen molar-refractivity contribution in [2.24, 2.45) is 5.73 Å². The molecule has 1 aliphatic rings. The standard InChI is InChI=1S/C12H21N3/c1-8-9-6-5-7-10(13)15(9)11(14-8)12(2,3)4/h10H,5-7,13H2,1-4H3. The van der Waals surface area contributed by atoms with Gasteiger partial charge in [0.2, 0.25) is 0 Å². The number of aromatic nitrogens is 2. The van der Waals surface area contributed by atoms with Crippen molar-refractivity contribution in [2.75, 3.05) is 0 Å². The van der Waals surface area contributed by atoms with Crippen molar-refractivity contribution in [3.05, 3.63) is 17.2 Å². The largest absolute Gasteiger partial charge is 0.316 e. The molecule has 1 unspecified atom stereocenters. The predicted molar refractivity (Wildman–Crippen MR) is 61.8 cm³/mol. The second-order valence-corrected chi connectivity index (χ2v) is 5.55. The van der Waals surface area contributed by atoms with Crippen LogP contribution in [0.15, 0.2) is 0 Å². The van der Waals surface area contributed by atoms with E-state index in [0.29, 0.717) is 0 Å². The normalized spacial score (nSPS) is 21.5. The SMILES string of the molecule is Cc1nc(C(C)(C)C)n2c1CCCC2N. The molecule has 0 aromatic carbocycles. The van der Waals surface area contributed by atoms with E-state index in [-0.39, 0.29) is 11.6 Å². The Hall–Kier alpha value is -0.830. The zero-order valence-corrected chi connectivity index (χ0v) is 10.2. The van der Waals surface area contributed by atoms with E-state index < -0.39 is 0 Å². The van der Waals surface area contributed by atoms with Gasteiger partial charge in [-0.3, -0.25) is 0 Å². The lowest BCUT2D eigenvalue weighted by Gasteiger charge is -2.28. The molecule has 1 atom stereocenters. The molecule has 0 bridgehead atoms. The van der Waals surface area contributed by atoms with Gasteiger partial charge in [0.1, 0.15) is 5.82 Å². The summed E-state index contributed by atoms with van der Waals surface area (Å²) in [4.78, 5) is 4.70. The first-order valence-corrected chi connectivity index (χ1v) is 5.75. The van der Waals surface area contributed by atoms with Gasteiger partial charge in [0.05, 0.1) is 11.9 Å². The minimum atomic E-state index is 0.0813. The van der Waals surface area contributed by atoms with Crippen LogP contribution in [0.5, 0.6) is 0 Å². The Bertz CT molecular complexity index is 371. The fraction of sp³-hybridized carbons (Fsp3) is 0.750. The molecule has 0 aliphatic carbocycles. The van der Waals surface area contributed by atoms with E-state index in [4.69, 9.17) is 10.7 Å². The summed E-state index contributed by atoms with van der Waals surface area (Å²) in [5.74, 6) is 1.14. The number of aryl methyl sites for hydroxylation is 1. The minimum Gasteiger partial charge on any atom is -0.316 e. The topological polar surface area (TPSA) is 43.8 Å². The van der Waals surface area contributed by atoms with Crippen molar-refractivity contribution in [1.82, 2.24) is 9.55 Å². The first kappa shape index (κ1) is 10.7. The van der Waals surface area contributed by atoms with Crippen LogP contribution in [0.25, 0.3) is 0 Å². The van der Waals surface area contributed by atoms with E-state index in [0.717, 1.165) is 24.4 Å². The van der Waals surface area contributed by atoms with Gasteiger partial charge < -0.3 is 10.3 Å². The second-order valence-electron chi connectivity index (χ2n) is 5.55. The van der Waals surface area contributed by atoms with E-state index in [1.807, 2.05) is 0 Å². The van der Waals surface area contributed by atoms with Crippen LogP contribution in [0, 0.1) is 6.92 Å². The van der Waals surface area contributed by atoms with Gasteiger partial charge in [0.15, 0.2) is 0 Å². The lowest BCUT2D eigenvalue weighted by Crippen LogP contribution is -2.30. The fourth-order valence-electron chi connectivity index (χ4n) is 2.37. The molecule has 0 spiro atoms. The van der Waals surface area contributed by atoms with Crippen LogP contribution in [0.2, 0.25) is 0 Å². The maximum atomic E-state index is 6.18. The number of hydrogen-bond donors (Lipinski definition) is 1. The van der Waals surface area contributed by atoms with Crippen LogP contribution in [0.4, 0.5) is 0 Å². The Kier molecular flexibility index (Phi) is 2.38. The Morgan fingerprint density at radius 3 is 2.67 bits per heavy atom.